The van der Waals surface area contributed by atoms with Crippen LogP contribution in [0.4, 0.5) is 11.8 Å². The highest BCUT2D eigenvalue weighted by Gasteiger charge is 2.34. The molecule has 2 aromatic heterocycles. The smallest absolute Gasteiger partial charge is 0.257 e. The molecule has 1 aliphatic heterocycles. The van der Waals surface area contributed by atoms with Crippen LogP contribution >= 0.6 is 11.6 Å². The van der Waals surface area contributed by atoms with E-state index in [0.717, 1.165) is 16.7 Å². The summed E-state index contributed by atoms with van der Waals surface area (Å²) in [6.45, 7) is 3.90. The van der Waals surface area contributed by atoms with Gasteiger partial charge in [0.05, 0.1) is 5.57 Å². The standard InChI is InChI=1S/C25H21ClN6O/c1-15-6-5-7-18(14-15)22-21(24(33)29-20-8-3-4-13-27-20)16(2)28-25-30-23(31-32(22)25)17-9-11-19(26)12-10-17/h3-14,22H,1-2H3,(H,27,29,33)(H,28,30,31). The van der Waals surface area contributed by atoms with E-state index >= 15 is 0 Å². The van der Waals surface area contributed by atoms with Crippen molar-refractivity contribution in [1.29, 1.82) is 0 Å². The summed E-state index contributed by atoms with van der Waals surface area (Å²) in [4.78, 5) is 22.4. The Balaban J connectivity index is 1.61. The molecule has 1 amide bonds. The first-order valence-electron chi connectivity index (χ1n) is 10.5. The van der Waals surface area contributed by atoms with Gasteiger partial charge in [-0.1, -0.05) is 47.5 Å². The van der Waals surface area contributed by atoms with Crippen LogP contribution < -0.4 is 10.6 Å². The molecule has 4 aromatic rings. The van der Waals surface area contributed by atoms with Crippen molar-refractivity contribution in [2.24, 2.45) is 0 Å². The molecule has 2 N–H and O–H groups in total. The number of allylic oxidation sites excluding steroid dienone is 1. The first-order valence-corrected chi connectivity index (χ1v) is 10.9. The first-order chi connectivity index (χ1) is 16.0. The summed E-state index contributed by atoms with van der Waals surface area (Å²) in [6.07, 6.45) is 1.64. The van der Waals surface area contributed by atoms with Gasteiger partial charge in [0.1, 0.15) is 11.9 Å². The lowest BCUT2D eigenvalue weighted by atomic mass is 9.94. The summed E-state index contributed by atoms with van der Waals surface area (Å²) in [7, 11) is 0. The number of rotatable bonds is 4. The number of carbonyl (C=O) groups excluding carboxylic acids is 1. The number of hydrogen-bond donors (Lipinski definition) is 2. The third-order valence-electron chi connectivity index (χ3n) is 5.46. The summed E-state index contributed by atoms with van der Waals surface area (Å²) in [5.74, 6) is 1.35. The maximum Gasteiger partial charge on any atom is 0.257 e. The van der Waals surface area contributed by atoms with Crippen LogP contribution in [-0.2, 0) is 4.79 Å². The molecule has 1 aliphatic rings. The Hall–Kier alpha value is -3.97. The third-order valence-corrected chi connectivity index (χ3v) is 5.72. The summed E-state index contributed by atoms with van der Waals surface area (Å²) >= 11 is 6.04. The molecule has 8 heteroatoms. The van der Waals surface area contributed by atoms with Crippen LogP contribution in [0.15, 0.2) is 84.2 Å². The van der Waals surface area contributed by atoms with Crippen LogP contribution in [-0.4, -0.2) is 25.7 Å². The number of nitrogens with one attached hydrogen (secondary N) is 2. The van der Waals surface area contributed by atoms with Crippen molar-refractivity contribution in [3.8, 4) is 11.4 Å². The molecule has 0 saturated heterocycles. The van der Waals surface area contributed by atoms with E-state index in [9.17, 15) is 4.79 Å². The fourth-order valence-electron chi connectivity index (χ4n) is 3.94. The third kappa shape index (κ3) is 4.10. The second kappa shape index (κ2) is 8.52. The molecule has 1 atom stereocenters. The van der Waals surface area contributed by atoms with Gasteiger partial charge in [-0.2, -0.15) is 4.98 Å². The Morgan fingerprint density at radius 3 is 2.61 bits per heavy atom. The number of amides is 1. The zero-order valence-corrected chi connectivity index (χ0v) is 18.8. The fraction of sp³-hybridized carbons (Fsp3) is 0.120. The molecule has 0 aliphatic carbocycles. The van der Waals surface area contributed by atoms with Crippen molar-refractivity contribution < 1.29 is 4.79 Å². The molecule has 33 heavy (non-hydrogen) atoms. The number of nitrogens with zero attached hydrogens (tertiary/aromatic N) is 4. The number of aryl methyl sites for hydroxylation is 1. The monoisotopic (exact) mass is 456 g/mol. The molecule has 7 nitrogen and oxygen atoms in total. The van der Waals surface area contributed by atoms with Crippen molar-refractivity contribution in [3.63, 3.8) is 0 Å². The van der Waals surface area contributed by atoms with Gasteiger partial charge in [0, 0.05) is 22.5 Å². The molecular weight excluding hydrogens is 436 g/mol. The average Bonchev–Trinajstić information content (AvgIpc) is 3.22. The van der Waals surface area contributed by atoms with E-state index in [4.69, 9.17) is 21.7 Å². The minimum Gasteiger partial charge on any atom is -0.328 e. The summed E-state index contributed by atoms with van der Waals surface area (Å²) in [5.41, 5.74) is 4.12. The van der Waals surface area contributed by atoms with Gasteiger partial charge >= 0.3 is 0 Å². The second-order valence-electron chi connectivity index (χ2n) is 7.86. The van der Waals surface area contributed by atoms with Crippen molar-refractivity contribution in [2.75, 3.05) is 10.6 Å². The van der Waals surface area contributed by atoms with Crippen molar-refractivity contribution in [1.82, 2.24) is 19.7 Å². The normalized spacial score (nSPS) is 15.1. The first kappa shape index (κ1) is 20.9. The zero-order chi connectivity index (χ0) is 22.9. The van der Waals surface area contributed by atoms with E-state index in [1.807, 2.05) is 50.2 Å². The molecule has 0 spiro atoms. The Morgan fingerprint density at radius 2 is 1.88 bits per heavy atom. The molecule has 164 valence electrons. The zero-order valence-electron chi connectivity index (χ0n) is 18.1. The summed E-state index contributed by atoms with van der Waals surface area (Å²) < 4.78 is 1.76. The van der Waals surface area contributed by atoms with Crippen molar-refractivity contribution in [3.05, 3.63) is 100 Å². The van der Waals surface area contributed by atoms with E-state index in [1.165, 1.54) is 0 Å². The molecule has 0 fully saturated rings. The molecule has 0 radical (unpaired) electrons. The van der Waals surface area contributed by atoms with Gasteiger partial charge in [0.15, 0.2) is 5.82 Å². The molecule has 0 saturated carbocycles. The van der Waals surface area contributed by atoms with Crippen LogP contribution in [0.1, 0.15) is 24.1 Å². The van der Waals surface area contributed by atoms with Crippen LogP contribution in [0.2, 0.25) is 5.02 Å². The predicted molar refractivity (Wildman–Crippen MR) is 129 cm³/mol. The second-order valence-corrected chi connectivity index (χ2v) is 8.30. The predicted octanol–water partition coefficient (Wildman–Crippen LogP) is 5.23. The molecular formula is C25H21ClN6O. The van der Waals surface area contributed by atoms with E-state index < -0.39 is 6.04 Å². The quantitative estimate of drug-likeness (QED) is 0.439. The minimum absolute atomic E-state index is 0.251. The lowest BCUT2D eigenvalue weighted by Gasteiger charge is -2.28. The minimum atomic E-state index is -0.460. The van der Waals surface area contributed by atoms with Gasteiger partial charge in [-0.15, -0.1) is 5.10 Å². The fourth-order valence-corrected chi connectivity index (χ4v) is 4.06. The number of pyridine rings is 1. The number of benzene rings is 2. The molecule has 5 rings (SSSR count). The maximum absolute atomic E-state index is 13.4. The van der Waals surface area contributed by atoms with E-state index in [1.54, 1.807) is 35.1 Å². The Labute approximate surface area is 196 Å². The Kier molecular flexibility index (Phi) is 5.40. The van der Waals surface area contributed by atoms with Gasteiger partial charge in [0.25, 0.3) is 5.91 Å². The number of hydrogen-bond acceptors (Lipinski definition) is 5. The number of carbonyl (C=O) groups is 1. The number of aromatic nitrogens is 4. The van der Waals surface area contributed by atoms with Gasteiger partial charge < -0.3 is 10.6 Å². The van der Waals surface area contributed by atoms with E-state index in [0.29, 0.717) is 33.9 Å². The average molecular weight is 457 g/mol. The Morgan fingerprint density at radius 1 is 1.06 bits per heavy atom. The molecule has 0 bridgehead atoms. The lowest BCUT2D eigenvalue weighted by Crippen LogP contribution is -2.31. The number of fused-ring (bicyclic) bond motifs is 1. The highest BCUT2D eigenvalue weighted by atomic mass is 35.5. The largest absolute Gasteiger partial charge is 0.328 e. The van der Waals surface area contributed by atoms with Gasteiger partial charge in [0.2, 0.25) is 5.95 Å². The summed E-state index contributed by atoms with van der Waals surface area (Å²) in [6, 6.07) is 20.3. The van der Waals surface area contributed by atoms with Gasteiger partial charge in [-0.3, -0.25) is 4.79 Å². The van der Waals surface area contributed by atoms with Crippen LogP contribution in [0.5, 0.6) is 0 Å². The van der Waals surface area contributed by atoms with Crippen molar-refractivity contribution >= 4 is 29.3 Å². The van der Waals surface area contributed by atoms with Crippen LogP contribution in [0, 0.1) is 6.92 Å². The van der Waals surface area contributed by atoms with E-state index in [2.05, 4.69) is 21.7 Å². The van der Waals surface area contributed by atoms with Crippen LogP contribution in [0.25, 0.3) is 11.4 Å². The lowest BCUT2D eigenvalue weighted by molar-refractivity contribution is -0.113. The highest BCUT2D eigenvalue weighted by Crippen LogP contribution is 2.37. The molecule has 1 unspecified atom stereocenters. The summed E-state index contributed by atoms with van der Waals surface area (Å²) in [5, 5.41) is 11.6. The number of anilines is 2. The SMILES string of the molecule is CC1=C(C(=O)Nc2ccccn2)C(c2cccc(C)c2)n2nc(-c3ccc(Cl)cc3)nc2N1. The van der Waals surface area contributed by atoms with E-state index in [-0.39, 0.29) is 5.91 Å². The Bertz CT molecular complexity index is 1360. The topological polar surface area (TPSA) is 84.7 Å². The molecule has 3 heterocycles. The number of halogens is 1. The van der Waals surface area contributed by atoms with Crippen LogP contribution in [0.3, 0.4) is 0 Å². The maximum atomic E-state index is 13.4. The van der Waals surface area contributed by atoms with Gasteiger partial charge in [-0.05, 0) is 55.8 Å². The van der Waals surface area contributed by atoms with Crippen molar-refractivity contribution in [2.45, 2.75) is 19.9 Å². The highest BCUT2D eigenvalue weighted by molar-refractivity contribution is 6.30. The molecule has 2 aromatic carbocycles. The van der Waals surface area contributed by atoms with Gasteiger partial charge in [-0.25, -0.2) is 9.67 Å².